The molecule has 0 amide bonds. The largest absolute Gasteiger partial charge is 0.462 e. The first-order valence-electron chi connectivity index (χ1n) is 5.60. The fraction of sp³-hybridized carbons (Fsp3) is 0.250. The second-order valence-electron chi connectivity index (χ2n) is 3.54. The van der Waals surface area contributed by atoms with Gasteiger partial charge in [-0.1, -0.05) is 0 Å². The van der Waals surface area contributed by atoms with Gasteiger partial charge in [0.05, 0.1) is 24.1 Å². The summed E-state index contributed by atoms with van der Waals surface area (Å²) < 4.78 is 6.51. The third kappa shape index (κ3) is 2.48. The Morgan fingerprint density at radius 3 is 3.11 bits per heavy atom. The lowest BCUT2D eigenvalue weighted by atomic mass is 10.3. The third-order valence-electron chi connectivity index (χ3n) is 2.36. The van der Waals surface area contributed by atoms with Crippen molar-refractivity contribution >= 4 is 11.8 Å². The predicted octanol–water partition coefficient (Wildman–Crippen LogP) is 1.49. The lowest BCUT2D eigenvalue weighted by Gasteiger charge is -2.03. The van der Waals surface area contributed by atoms with E-state index in [1.807, 2.05) is 12.1 Å². The molecule has 0 aliphatic heterocycles. The van der Waals surface area contributed by atoms with Crippen LogP contribution in [-0.2, 0) is 4.74 Å². The third-order valence-corrected chi connectivity index (χ3v) is 2.36. The Hall–Kier alpha value is -2.37. The Labute approximate surface area is 105 Å². The molecule has 2 heterocycles. The van der Waals surface area contributed by atoms with Crippen molar-refractivity contribution in [3.63, 3.8) is 0 Å². The van der Waals surface area contributed by atoms with Crippen LogP contribution >= 0.6 is 0 Å². The van der Waals surface area contributed by atoms with Crippen LogP contribution < -0.4 is 5.32 Å². The molecule has 1 N–H and O–H groups in total. The molecule has 0 bridgehead atoms. The van der Waals surface area contributed by atoms with Gasteiger partial charge in [0.25, 0.3) is 0 Å². The van der Waals surface area contributed by atoms with Crippen molar-refractivity contribution in [2.24, 2.45) is 0 Å². The summed E-state index contributed by atoms with van der Waals surface area (Å²) in [6.07, 6.45) is 4.79. The van der Waals surface area contributed by atoms with Crippen LogP contribution in [0.4, 0.5) is 5.82 Å². The summed E-state index contributed by atoms with van der Waals surface area (Å²) in [6.45, 7) is 2.12. The fourth-order valence-corrected chi connectivity index (χ4v) is 1.48. The number of pyridine rings is 1. The molecule has 0 spiro atoms. The van der Waals surface area contributed by atoms with E-state index in [9.17, 15) is 4.79 Å². The first-order valence-corrected chi connectivity index (χ1v) is 5.60. The van der Waals surface area contributed by atoms with E-state index in [0.29, 0.717) is 12.2 Å². The first kappa shape index (κ1) is 12.1. The molecule has 94 valence electrons. The minimum atomic E-state index is -0.369. The van der Waals surface area contributed by atoms with Crippen molar-refractivity contribution in [2.45, 2.75) is 6.92 Å². The van der Waals surface area contributed by atoms with Gasteiger partial charge < -0.3 is 10.1 Å². The van der Waals surface area contributed by atoms with E-state index >= 15 is 0 Å². The number of carbonyl (C=O) groups is 1. The van der Waals surface area contributed by atoms with E-state index in [0.717, 1.165) is 11.5 Å². The van der Waals surface area contributed by atoms with Gasteiger partial charge in [-0.15, -0.1) is 0 Å². The highest BCUT2D eigenvalue weighted by Crippen LogP contribution is 2.12. The molecule has 18 heavy (non-hydrogen) atoms. The molecule has 2 aromatic heterocycles. The number of hydrogen-bond donors (Lipinski definition) is 1. The zero-order chi connectivity index (χ0) is 13.0. The van der Waals surface area contributed by atoms with Crippen molar-refractivity contribution in [2.75, 3.05) is 19.0 Å². The summed E-state index contributed by atoms with van der Waals surface area (Å²) in [6, 6.07) is 3.64. The van der Waals surface area contributed by atoms with Gasteiger partial charge in [0.1, 0.15) is 5.82 Å². The minimum absolute atomic E-state index is 0.350. The number of nitrogens with zero attached hydrogens (tertiary/aromatic N) is 3. The van der Waals surface area contributed by atoms with Gasteiger partial charge in [-0.05, 0) is 13.0 Å². The molecule has 2 rings (SSSR count). The van der Waals surface area contributed by atoms with E-state index in [-0.39, 0.29) is 5.97 Å². The average Bonchev–Trinajstić information content (AvgIpc) is 2.89. The summed E-state index contributed by atoms with van der Waals surface area (Å²) in [7, 11) is 1.79. The maximum absolute atomic E-state index is 11.5. The summed E-state index contributed by atoms with van der Waals surface area (Å²) in [5.74, 6) is 0.368. The molecule has 6 nitrogen and oxygen atoms in total. The summed E-state index contributed by atoms with van der Waals surface area (Å²) in [5.41, 5.74) is 1.25. The van der Waals surface area contributed by atoms with Crippen molar-refractivity contribution in [3.05, 3.63) is 36.3 Å². The van der Waals surface area contributed by atoms with Gasteiger partial charge in [0.15, 0.2) is 0 Å². The van der Waals surface area contributed by atoms with Crippen molar-refractivity contribution in [1.82, 2.24) is 14.8 Å². The maximum Gasteiger partial charge on any atom is 0.341 e. The van der Waals surface area contributed by atoms with Crippen LogP contribution in [0.3, 0.4) is 0 Å². The molecule has 0 fully saturated rings. The summed E-state index contributed by atoms with van der Waals surface area (Å²) in [4.78, 5) is 15.6. The minimum Gasteiger partial charge on any atom is -0.462 e. The Kier molecular flexibility index (Phi) is 3.57. The molecule has 0 radical (unpaired) electrons. The Morgan fingerprint density at radius 1 is 1.56 bits per heavy atom. The van der Waals surface area contributed by atoms with Gasteiger partial charge in [-0.3, -0.25) is 0 Å². The molecule has 0 saturated carbocycles. The lowest BCUT2D eigenvalue weighted by molar-refractivity contribution is 0.0526. The van der Waals surface area contributed by atoms with Crippen LogP contribution in [0.15, 0.2) is 30.7 Å². The van der Waals surface area contributed by atoms with Gasteiger partial charge in [-0.25, -0.2) is 14.5 Å². The average molecular weight is 246 g/mol. The van der Waals surface area contributed by atoms with E-state index in [2.05, 4.69) is 15.4 Å². The monoisotopic (exact) mass is 246 g/mol. The lowest BCUT2D eigenvalue weighted by Crippen LogP contribution is -2.03. The van der Waals surface area contributed by atoms with Crippen LogP contribution in [0.5, 0.6) is 0 Å². The number of anilines is 1. The van der Waals surface area contributed by atoms with E-state index < -0.39 is 0 Å². The van der Waals surface area contributed by atoms with Crippen molar-refractivity contribution < 1.29 is 9.53 Å². The van der Waals surface area contributed by atoms with Gasteiger partial charge in [-0.2, -0.15) is 5.10 Å². The Balaban J connectivity index is 2.26. The number of nitrogens with one attached hydrogen (secondary N) is 1. The highest BCUT2D eigenvalue weighted by Gasteiger charge is 2.10. The molecular formula is C12H14N4O2. The van der Waals surface area contributed by atoms with Crippen LogP contribution in [0.1, 0.15) is 17.3 Å². The summed E-state index contributed by atoms with van der Waals surface area (Å²) >= 11 is 0. The molecule has 0 aliphatic rings. The smallest absolute Gasteiger partial charge is 0.341 e. The van der Waals surface area contributed by atoms with E-state index in [1.54, 1.807) is 31.0 Å². The molecule has 0 unspecified atom stereocenters. The number of esters is 1. The first-order chi connectivity index (χ1) is 8.74. The Morgan fingerprint density at radius 2 is 2.39 bits per heavy atom. The second-order valence-corrected chi connectivity index (χ2v) is 3.54. The highest BCUT2D eigenvalue weighted by atomic mass is 16.5. The molecule has 0 atom stereocenters. The predicted molar refractivity (Wildman–Crippen MR) is 66.9 cm³/mol. The quantitative estimate of drug-likeness (QED) is 0.828. The van der Waals surface area contributed by atoms with Crippen LogP contribution in [0.25, 0.3) is 5.69 Å². The number of rotatable bonds is 4. The van der Waals surface area contributed by atoms with Crippen molar-refractivity contribution in [1.29, 1.82) is 0 Å². The molecular weight excluding hydrogens is 232 g/mol. The molecule has 0 saturated heterocycles. The van der Waals surface area contributed by atoms with Gasteiger partial charge in [0.2, 0.25) is 0 Å². The molecule has 0 aromatic carbocycles. The zero-order valence-electron chi connectivity index (χ0n) is 10.3. The van der Waals surface area contributed by atoms with Gasteiger partial charge in [0, 0.05) is 25.5 Å². The highest BCUT2D eigenvalue weighted by molar-refractivity contribution is 5.88. The fourth-order valence-electron chi connectivity index (χ4n) is 1.48. The number of aromatic nitrogens is 3. The molecule has 2 aromatic rings. The standard InChI is InChI=1S/C12H14N4O2/c1-3-18-12(17)9-7-15-16(8-9)10-4-5-14-11(6-10)13-2/h4-8H,3H2,1-2H3,(H,13,14). The van der Waals surface area contributed by atoms with Crippen LogP contribution in [-0.4, -0.2) is 34.4 Å². The maximum atomic E-state index is 11.5. The number of hydrogen-bond acceptors (Lipinski definition) is 5. The topological polar surface area (TPSA) is 69.0 Å². The normalized spacial score (nSPS) is 10.1. The van der Waals surface area contributed by atoms with Crippen molar-refractivity contribution in [3.8, 4) is 5.69 Å². The number of ether oxygens (including phenoxy) is 1. The zero-order valence-corrected chi connectivity index (χ0v) is 10.3. The SMILES string of the molecule is CCOC(=O)c1cnn(-c2ccnc(NC)c2)c1. The van der Waals surface area contributed by atoms with E-state index in [4.69, 9.17) is 4.74 Å². The van der Waals surface area contributed by atoms with Gasteiger partial charge >= 0.3 is 5.97 Å². The summed E-state index contributed by atoms with van der Waals surface area (Å²) in [5, 5.41) is 7.07. The van der Waals surface area contributed by atoms with Crippen LogP contribution in [0.2, 0.25) is 0 Å². The molecule has 6 heteroatoms. The number of carbonyl (C=O) groups excluding carboxylic acids is 1. The second kappa shape index (κ2) is 5.31. The van der Waals surface area contributed by atoms with E-state index in [1.165, 1.54) is 6.20 Å². The van der Waals surface area contributed by atoms with Crippen LogP contribution in [0, 0.1) is 0 Å². The molecule has 0 aliphatic carbocycles. The Bertz CT molecular complexity index is 551.